The van der Waals surface area contributed by atoms with Gasteiger partial charge in [0.2, 0.25) is 0 Å². The molecular formula is C20H26F2N6O2. The number of aromatic nitrogens is 3. The van der Waals surface area contributed by atoms with Crippen LogP contribution in [0, 0.1) is 5.82 Å². The number of ether oxygens (including phenoxy) is 1. The number of halogens is 2. The Morgan fingerprint density at radius 3 is 2.73 bits per heavy atom. The first-order chi connectivity index (χ1) is 14.2. The van der Waals surface area contributed by atoms with E-state index in [0.717, 1.165) is 0 Å². The Kier molecular flexibility index (Phi) is 6.18. The summed E-state index contributed by atoms with van der Waals surface area (Å²) >= 11 is 0. The minimum absolute atomic E-state index is 0.0735. The van der Waals surface area contributed by atoms with Crippen LogP contribution in [0.2, 0.25) is 0 Å². The summed E-state index contributed by atoms with van der Waals surface area (Å²) in [7, 11) is 3.00. The highest BCUT2D eigenvalue weighted by molar-refractivity contribution is 5.62. The number of hydrogen-bond acceptors (Lipinski definition) is 7. The second-order valence-electron chi connectivity index (χ2n) is 7.51. The van der Waals surface area contributed by atoms with E-state index in [1.54, 1.807) is 27.0 Å². The van der Waals surface area contributed by atoms with Gasteiger partial charge in [-0.05, 0) is 26.0 Å². The molecule has 0 aliphatic carbocycles. The zero-order valence-corrected chi connectivity index (χ0v) is 17.4. The molecule has 0 spiro atoms. The van der Waals surface area contributed by atoms with Crippen LogP contribution in [-0.2, 0) is 5.60 Å². The molecule has 2 unspecified atom stereocenters. The summed E-state index contributed by atoms with van der Waals surface area (Å²) in [5, 5.41) is 20.8. The highest BCUT2D eigenvalue weighted by Crippen LogP contribution is 2.27. The highest BCUT2D eigenvalue weighted by atomic mass is 19.1. The number of aliphatic hydroxyl groups is 1. The molecule has 3 rings (SSSR count). The first kappa shape index (κ1) is 21.8. The maximum atomic E-state index is 14.6. The minimum Gasteiger partial charge on any atom is -0.495 e. The Labute approximate surface area is 173 Å². The summed E-state index contributed by atoms with van der Waals surface area (Å²) in [6.07, 6.45) is -1.07. The number of methoxy groups -OCH3 is 1. The van der Waals surface area contributed by atoms with Gasteiger partial charge in [-0.1, -0.05) is 6.58 Å². The molecule has 1 saturated heterocycles. The van der Waals surface area contributed by atoms with Gasteiger partial charge in [0.1, 0.15) is 34.7 Å². The second kappa shape index (κ2) is 8.49. The predicted molar refractivity (Wildman–Crippen MR) is 109 cm³/mol. The lowest BCUT2D eigenvalue weighted by molar-refractivity contribution is 0.0688. The van der Waals surface area contributed by atoms with Gasteiger partial charge in [-0.25, -0.2) is 18.4 Å². The normalized spacial score (nSPS) is 19.8. The van der Waals surface area contributed by atoms with Gasteiger partial charge in [0.15, 0.2) is 11.3 Å². The Bertz CT molecular complexity index is 1020. The summed E-state index contributed by atoms with van der Waals surface area (Å²) in [6, 6.07) is 3.79. The minimum atomic E-state index is -1.33. The van der Waals surface area contributed by atoms with Gasteiger partial charge in [0.05, 0.1) is 18.8 Å². The molecule has 1 fully saturated rings. The van der Waals surface area contributed by atoms with Crippen molar-refractivity contribution < 1.29 is 18.6 Å². The molecule has 3 heterocycles. The number of nitrogens with zero attached hydrogens (tertiary/aromatic N) is 4. The summed E-state index contributed by atoms with van der Waals surface area (Å²) < 4.78 is 35.1. The molecule has 0 radical (unpaired) electrons. The summed E-state index contributed by atoms with van der Waals surface area (Å²) in [5.74, 6) is 0.0262. The molecule has 0 aromatic carbocycles. The van der Waals surface area contributed by atoms with E-state index >= 15 is 0 Å². The first-order valence-electron chi connectivity index (χ1n) is 9.47. The molecule has 0 amide bonds. The van der Waals surface area contributed by atoms with Gasteiger partial charge in [-0.3, -0.25) is 4.99 Å². The lowest BCUT2D eigenvalue weighted by Gasteiger charge is -2.22. The van der Waals surface area contributed by atoms with Crippen LogP contribution in [0.5, 0.6) is 5.75 Å². The van der Waals surface area contributed by atoms with E-state index in [2.05, 4.69) is 32.3 Å². The van der Waals surface area contributed by atoms with E-state index in [-0.39, 0.29) is 23.6 Å². The van der Waals surface area contributed by atoms with Crippen molar-refractivity contribution >= 4 is 11.5 Å². The Morgan fingerprint density at radius 1 is 1.43 bits per heavy atom. The molecule has 30 heavy (non-hydrogen) atoms. The van der Waals surface area contributed by atoms with Crippen molar-refractivity contribution in [3.8, 4) is 5.75 Å². The molecule has 1 aliphatic rings. The molecule has 0 bridgehead atoms. The van der Waals surface area contributed by atoms with E-state index in [9.17, 15) is 13.9 Å². The van der Waals surface area contributed by atoms with Crippen molar-refractivity contribution in [1.29, 1.82) is 0 Å². The number of hydrogen-bond donors (Lipinski definition) is 3. The van der Waals surface area contributed by atoms with Gasteiger partial charge in [-0.15, -0.1) is 0 Å². The number of nitrogens with one attached hydrogen (secondary N) is 2. The predicted octanol–water partition coefficient (Wildman–Crippen LogP) is 1.42. The zero-order valence-electron chi connectivity index (χ0n) is 17.4. The Morgan fingerprint density at radius 2 is 2.17 bits per heavy atom. The molecular weight excluding hydrogens is 394 g/mol. The molecule has 1 aliphatic heterocycles. The van der Waals surface area contributed by atoms with Crippen LogP contribution < -0.4 is 20.9 Å². The lowest BCUT2D eigenvalue weighted by atomic mass is 10.0. The van der Waals surface area contributed by atoms with Crippen LogP contribution in [-0.4, -0.2) is 59.3 Å². The zero-order chi connectivity index (χ0) is 22.1. The third kappa shape index (κ3) is 4.34. The Balaban J connectivity index is 2.05. The summed E-state index contributed by atoms with van der Waals surface area (Å²) in [6.45, 7) is 7.74. The standard InChI is InChI=1S/C20H26F2N6O2/c1-11(28-17(23-4)8-15(30-5)19(27-28)20(2,3)29)18-12(21)6-7-16(26-18)25-14-10-24-9-13(14)22/h6-8,13-14,24,29H,1,9-10H2,2-5H3,(H,25,26). The first-order valence-corrected chi connectivity index (χ1v) is 9.47. The topological polar surface area (TPSA) is 96.6 Å². The molecule has 3 N–H and O–H groups in total. The van der Waals surface area contributed by atoms with Crippen LogP contribution in [0.25, 0.3) is 5.70 Å². The van der Waals surface area contributed by atoms with Gasteiger partial charge in [0, 0.05) is 26.2 Å². The fourth-order valence-electron chi connectivity index (χ4n) is 3.19. The van der Waals surface area contributed by atoms with Gasteiger partial charge >= 0.3 is 0 Å². The van der Waals surface area contributed by atoms with Crippen LogP contribution in [0.4, 0.5) is 14.6 Å². The van der Waals surface area contributed by atoms with E-state index in [4.69, 9.17) is 4.74 Å². The summed E-state index contributed by atoms with van der Waals surface area (Å²) in [5.41, 5.74) is -0.749. The maximum absolute atomic E-state index is 14.6. The SMILES string of the molecule is C=C(c1nc(NC2CNCC2F)ccc1F)n1nc(C(C)(C)O)c(OC)cc1=NC. The van der Waals surface area contributed by atoms with Crippen LogP contribution >= 0.6 is 0 Å². The van der Waals surface area contributed by atoms with E-state index in [0.29, 0.717) is 23.6 Å². The molecule has 8 nitrogen and oxygen atoms in total. The third-order valence-electron chi connectivity index (χ3n) is 4.79. The fourth-order valence-corrected chi connectivity index (χ4v) is 3.19. The number of rotatable bonds is 6. The van der Waals surface area contributed by atoms with Crippen molar-refractivity contribution in [1.82, 2.24) is 20.1 Å². The molecule has 2 atom stereocenters. The molecule has 10 heteroatoms. The quantitative estimate of drug-likeness (QED) is 0.654. The smallest absolute Gasteiger partial charge is 0.153 e. The van der Waals surface area contributed by atoms with Crippen molar-refractivity contribution in [3.05, 3.63) is 47.5 Å². The number of anilines is 1. The van der Waals surface area contributed by atoms with Crippen molar-refractivity contribution in [3.63, 3.8) is 0 Å². The monoisotopic (exact) mass is 420 g/mol. The van der Waals surface area contributed by atoms with Crippen molar-refractivity contribution in [2.75, 3.05) is 32.6 Å². The van der Waals surface area contributed by atoms with E-state index in [1.807, 2.05) is 0 Å². The van der Waals surface area contributed by atoms with Crippen molar-refractivity contribution in [2.24, 2.45) is 4.99 Å². The van der Waals surface area contributed by atoms with Crippen LogP contribution in [0.15, 0.2) is 29.8 Å². The van der Waals surface area contributed by atoms with Gasteiger partial charge < -0.3 is 20.5 Å². The van der Waals surface area contributed by atoms with E-state index in [1.165, 1.54) is 23.9 Å². The third-order valence-corrected chi connectivity index (χ3v) is 4.79. The van der Waals surface area contributed by atoms with Crippen molar-refractivity contribution in [2.45, 2.75) is 31.7 Å². The number of pyridine rings is 1. The molecule has 0 saturated carbocycles. The molecule has 2 aromatic rings. The van der Waals surface area contributed by atoms with E-state index < -0.39 is 23.6 Å². The second-order valence-corrected chi connectivity index (χ2v) is 7.51. The average Bonchev–Trinajstić information content (AvgIpc) is 3.11. The van der Waals surface area contributed by atoms with Gasteiger partial charge in [-0.2, -0.15) is 5.10 Å². The van der Waals surface area contributed by atoms with Crippen LogP contribution in [0.1, 0.15) is 25.2 Å². The van der Waals surface area contributed by atoms with Crippen LogP contribution in [0.3, 0.4) is 0 Å². The maximum Gasteiger partial charge on any atom is 0.153 e. The number of alkyl halides is 1. The average molecular weight is 420 g/mol. The van der Waals surface area contributed by atoms with Gasteiger partial charge in [0.25, 0.3) is 0 Å². The Hall–Kier alpha value is -2.85. The lowest BCUT2D eigenvalue weighted by Crippen LogP contribution is -2.31. The summed E-state index contributed by atoms with van der Waals surface area (Å²) in [4.78, 5) is 8.43. The fraction of sp³-hybridized carbons (Fsp3) is 0.450. The highest BCUT2D eigenvalue weighted by Gasteiger charge is 2.28. The largest absolute Gasteiger partial charge is 0.495 e. The molecule has 2 aromatic heterocycles. The molecule has 162 valence electrons.